The second kappa shape index (κ2) is 1.66. The summed E-state index contributed by atoms with van der Waals surface area (Å²) in [6.45, 7) is 0. The second-order valence-electron chi connectivity index (χ2n) is 1.80. The minimum absolute atomic E-state index is 0.315. The molecule has 0 N–H and O–H groups in total. The molecular weight excluding hydrogens is 132 g/mol. The van der Waals surface area contributed by atoms with Crippen molar-refractivity contribution in [1.82, 2.24) is 19.7 Å². The first-order valence-electron chi connectivity index (χ1n) is 2.68. The van der Waals surface area contributed by atoms with Gasteiger partial charge < -0.3 is 0 Å². The van der Waals surface area contributed by atoms with Crippen LogP contribution in [0.2, 0.25) is 0 Å². The van der Waals surface area contributed by atoms with Crippen molar-refractivity contribution < 1.29 is 5.21 Å². The zero-order valence-electron chi connectivity index (χ0n) is 4.93. The molecule has 2 aliphatic rings. The van der Waals surface area contributed by atoms with E-state index in [0.29, 0.717) is 16.2 Å². The summed E-state index contributed by atoms with van der Waals surface area (Å²) in [7, 11) is 0. The number of nitrogens with zero attached hydrogens (tertiary/aromatic N) is 4. The molecule has 2 rings (SSSR count). The number of fused-ring (bicyclic) bond motifs is 1. The minimum atomic E-state index is 0.315. The maximum Gasteiger partial charge on any atom is 0.203 e. The third kappa shape index (κ3) is 0.540. The molecule has 1 radical (unpaired) electrons. The summed E-state index contributed by atoms with van der Waals surface area (Å²) in [4.78, 5) is 11.1. The molecule has 0 bridgehead atoms. The van der Waals surface area contributed by atoms with Crippen LogP contribution in [0, 0.1) is 0 Å². The SMILES string of the molecule is [O]n1cncc2ncnc1-2. The number of rotatable bonds is 0. The average molecular weight is 135 g/mol. The average Bonchev–Trinajstić information content (AvgIpc) is 2.36. The molecule has 0 atom stereocenters. The van der Waals surface area contributed by atoms with Crippen LogP contribution in [0.5, 0.6) is 0 Å². The summed E-state index contributed by atoms with van der Waals surface area (Å²) in [6, 6.07) is 0. The van der Waals surface area contributed by atoms with Crippen molar-refractivity contribution in [3.05, 3.63) is 18.9 Å². The summed E-state index contributed by atoms with van der Waals surface area (Å²) in [5.41, 5.74) is 0.525. The van der Waals surface area contributed by atoms with Gasteiger partial charge in [-0.15, -0.1) is 4.73 Å². The minimum Gasteiger partial charge on any atom is -0.241 e. The van der Waals surface area contributed by atoms with Gasteiger partial charge in [-0.3, -0.25) is 0 Å². The van der Waals surface area contributed by atoms with Crippen molar-refractivity contribution in [2.24, 2.45) is 0 Å². The molecule has 0 aliphatic carbocycles. The molecule has 2 heterocycles. The van der Waals surface area contributed by atoms with Crippen molar-refractivity contribution in [1.29, 1.82) is 0 Å². The van der Waals surface area contributed by atoms with Crippen molar-refractivity contribution in [2.45, 2.75) is 0 Å². The van der Waals surface area contributed by atoms with Gasteiger partial charge in [0.2, 0.25) is 5.82 Å². The van der Waals surface area contributed by atoms with Crippen LogP contribution in [0.15, 0.2) is 18.9 Å². The monoisotopic (exact) mass is 135 g/mol. The predicted molar refractivity (Wildman–Crippen MR) is 30.5 cm³/mol. The van der Waals surface area contributed by atoms with E-state index in [2.05, 4.69) is 15.0 Å². The van der Waals surface area contributed by atoms with Gasteiger partial charge in [0.15, 0.2) is 0 Å². The van der Waals surface area contributed by atoms with E-state index in [-0.39, 0.29) is 0 Å². The summed E-state index contributed by atoms with van der Waals surface area (Å²) in [5, 5.41) is 10.8. The van der Waals surface area contributed by atoms with Gasteiger partial charge >= 0.3 is 0 Å². The van der Waals surface area contributed by atoms with Crippen LogP contribution in [0.3, 0.4) is 0 Å². The normalized spacial score (nSPS) is 10.4. The zero-order chi connectivity index (χ0) is 6.97. The molecule has 5 heteroatoms. The van der Waals surface area contributed by atoms with Gasteiger partial charge in [0.1, 0.15) is 18.3 Å². The molecule has 0 saturated heterocycles. The van der Waals surface area contributed by atoms with E-state index >= 15 is 0 Å². The highest BCUT2D eigenvalue weighted by Gasteiger charge is 2.08. The Hall–Kier alpha value is -1.65. The van der Waals surface area contributed by atoms with Crippen LogP contribution >= 0.6 is 0 Å². The molecule has 5 nitrogen and oxygen atoms in total. The standard InChI is InChI=1S/C5H3N4O/c10-9-3-6-1-4-5(9)8-2-7-4/h1-3H. The van der Waals surface area contributed by atoms with Gasteiger partial charge in [0.05, 0.1) is 6.20 Å². The highest BCUT2D eigenvalue weighted by atomic mass is 16.5. The largest absolute Gasteiger partial charge is 0.241 e. The van der Waals surface area contributed by atoms with Crippen LogP contribution in [0.1, 0.15) is 0 Å². The molecule has 0 aromatic carbocycles. The molecule has 2 aliphatic heterocycles. The summed E-state index contributed by atoms with van der Waals surface area (Å²) in [6.07, 6.45) is 3.98. The van der Waals surface area contributed by atoms with Crippen molar-refractivity contribution in [3.63, 3.8) is 0 Å². The maximum absolute atomic E-state index is 10.8. The zero-order valence-corrected chi connectivity index (χ0v) is 4.93. The van der Waals surface area contributed by atoms with E-state index in [9.17, 15) is 5.21 Å². The highest BCUT2D eigenvalue weighted by molar-refractivity contribution is 5.47. The molecule has 0 spiro atoms. The third-order valence-electron chi connectivity index (χ3n) is 1.18. The van der Waals surface area contributed by atoms with Gasteiger partial charge in [-0.2, -0.15) is 5.21 Å². The van der Waals surface area contributed by atoms with E-state index in [4.69, 9.17) is 0 Å². The highest BCUT2D eigenvalue weighted by Crippen LogP contribution is 2.11. The molecule has 0 aromatic heterocycles. The fraction of sp³-hybridized carbons (Fsp3) is 0. The first-order chi connectivity index (χ1) is 4.88. The van der Waals surface area contributed by atoms with E-state index < -0.39 is 0 Å². The molecule has 0 aromatic rings. The van der Waals surface area contributed by atoms with Crippen LogP contribution in [0.25, 0.3) is 11.5 Å². The Labute approximate surface area is 56.3 Å². The summed E-state index contributed by atoms with van der Waals surface area (Å²) in [5.74, 6) is 0.315. The number of imidazole rings is 1. The van der Waals surface area contributed by atoms with Gasteiger partial charge in [0.25, 0.3) is 0 Å². The Morgan fingerprint density at radius 3 is 3.10 bits per heavy atom. The van der Waals surface area contributed by atoms with Crippen molar-refractivity contribution in [2.75, 3.05) is 0 Å². The molecular formula is C5H3N4O. The smallest absolute Gasteiger partial charge is 0.203 e. The quantitative estimate of drug-likeness (QED) is 0.509. The Morgan fingerprint density at radius 2 is 2.30 bits per heavy atom. The van der Waals surface area contributed by atoms with Gasteiger partial charge in [-0.25, -0.2) is 15.0 Å². The second-order valence-corrected chi connectivity index (χ2v) is 1.80. The Kier molecular flexibility index (Phi) is 0.858. The van der Waals surface area contributed by atoms with Crippen molar-refractivity contribution >= 4 is 0 Å². The van der Waals surface area contributed by atoms with Gasteiger partial charge in [-0.1, -0.05) is 0 Å². The lowest BCUT2D eigenvalue weighted by Crippen LogP contribution is -1.97. The van der Waals surface area contributed by atoms with E-state index in [1.165, 1.54) is 12.5 Å². The lowest BCUT2D eigenvalue weighted by molar-refractivity contribution is 0.0885. The first kappa shape index (κ1) is 5.16. The Morgan fingerprint density at radius 1 is 1.40 bits per heavy atom. The number of aromatic nitrogens is 4. The lowest BCUT2D eigenvalue weighted by Gasteiger charge is -1.94. The fourth-order valence-corrected chi connectivity index (χ4v) is 0.750. The number of hydrogen-bond acceptors (Lipinski definition) is 3. The molecule has 0 unspecified atom stereocenters. The molecule has 49 valence electrons. The first-order valence-corrected chi connectivity index (χ1v) is 2.68. The third-order valence-corrected chi connectivity index (χ3v) is 1.18. The van der Waals surface area contributed by atoms with Gasteiger partial charge in [0, 0.05) is 0 Å². The summed E-state index contributed by atoms with van der Waals surface area (Å²) < 4.78 is 0.586. The predicted octanol–water partition coefficient (Wildman–Crippen LogP) is -0.0285. The molecule has 0 saturated carbocycles. The topological polar surface area (TPSA) is 63.5 Å². The molecule has 0 amide bonds. The van der Waals surface area contributed by atoms with E-state index in [1.807, 2.05) is 0 Å². The Bertz CT molecular complexity index is 318. The fourth-order valence-electron chi connectivity index (χ4n) is 0.750. The maximum atomic E-state index is 10.8. The van der Waals surface area contributed by atoms with Crippen LogP contribution in [-0.2, 0) is 5.21 Å². The van der Waals surface area contributed by atoms with E-state index in [0.717, 1.165) is 6.33 Å². The van der Waals surface area contributed by atoms with Crippen LogP contribution in [0.4, 0.5) is 0 Å². The Balaban J connectivity index is 2.80. The summed E-state index contributed by atoms with van der Waals surface area (Å²) >= 11 is 0. The van der Waals surface area contributed by atoms with E-state index in [1.54, 1.807) is 0 Å². The molecule has 0 fully saturated rings. The van der Waals surface area contributed by atoms with Gasteiger partial charge in [-0.05, 0) is 0 Å². The van der Waals surface area contributed by atoms with Crippen LogP contribution in [-0.4, -0.2) is 19.7 Å². The number of hydrogen-bond donors (Lipinski definition) is 0. The lowest BCUT2D eigenvalue weighted by atomic mass is 10.4. The molecule has 10 heavy (non-hydrogen) atoms. The van der Waals surface area contributed by atoms with Crippen molar-refractivity contribution in [3.8, 4) is 11.5 Å². The van der Waals surface area contributed by atoms with Crippen LogP contribution < -0.4 is 0 Å².